The molecule has 0 aromatic heterocycles. The summed E-state index contributed by atoms with van der Waals surface area (Å²) in [5, 5.41) is 2.92. The van der Waals surface area contributed by atoms with E-state index in [-0.39, 0.29) is 6.54 Å². The topological polar surface area (TPSA) is 64.6 Å². The number of benzene rings is 1. The highest BCUT2D eigenvalue weighted by Gasteiger charge is 2.14. The van der Waals surface area contributed by atoms with E-state index < -0.39 is 11.9 Å². The van der Waals surface area contributed by atoms with Crippen LogP contribution in [-0.2, 0) is 20.9 Å². The standard InChI is InChI=1S/C11H12ClNO4/c1-16-9-4-3-8(12)5-7(9)6-13-10(14)11(15)17-2/h3-5H,6H2,1-2H3,(H,13,14). The third-order valence-electron chi connectivity index (χ3n) is 2.05. The lowest BCUT2D eigenvalue weighted by atomic mass is 10.2. The van der Waals surface area contributed by atoms with Crippen molar-refractivity contribution in [3.63, 3.8) is 0 Å². The minimum absolute atomic E-state index is 0.137. The van der Waals surface area contributed by atoms with E-state index in [2.05, 4.69) is 10.1 Å². The third-order valence-corrected chi connectivity index (χ3v) is 2.29. The largest absolute Gasteiger partial charge is 0.496 e. The molecule has 5 nitrogen and oxygen atoms in total. The summed E-state index contributed by atoms with van der Waals surface area (Å²) in [5.41, 5.74) is 0.678. The SMILES string of the molecule is COC(=O)C(=O)NCc1cc(Cl)ccc1OC. The maximum atomic E-state index is 11.2. The molecule has 0 saturated carbocycles. The number of carbonyl (C=O) groups is 2. The Morgan fingerprint density at radius 2 is 2.06 bits per heavy atom. The first-order valence-corrected chi connectivity index (χ1v) is 5.15. The smallest absolute Gasteiger partial charge is 0.396 e. The summed E-state index contributed by atoms with van der Waals surface area (Å²) < 4.78 is 9.37. The van der Waals surface area contributed by atoms with E-state index in [1.807, 2.05) is 0 Å². The Labute approximate surface area is 104 Å². The molecule has 0 fully saturated rings. The first-order chi connectivity index (χ1) is 8.08. The maximum absolute atomic E-state index is 11.2. The Morgan fingerprint density at radius 3 is 2.65 bits per heavy atom. The average molecular weight is 258 g/mol. The molecule has 0 saturated heterocycles. The number of carbonyl (C=O) groups excluding carboxylic acids is 2. The van der Waals surface area contributed by atoms with Crippen molar-refractivity contribution in [3.8, 4) is 5.75 Å². The van der Waals surface area contributed by atoms with Crippen LogP contribution in [0.25, 0.3) is 0 Å². The molecule has 0 radical (unpaired) electrons. The maximum Gasteiger partial charge on any atom is 0.396 e. The normalized spacial score (nSPS) is 9.59. The molecule has 1 aromatic carbocycles. The molecule has 0 aliphatic heterocycles. The van der Waals surface area contributed by atoms with Gasteiger partial charge in [0, 0.05) is 17.1 Å². The van der Waals surface area contributed by atoms with Crippen molar-refractivity contribution < 1.29 is 19.1 Å². The molecule has 17 heavy (non-hydrogen) atoms. The molecular formula is C11H12ClNO4. The first kappa shape index (κ1) is 13.3. The molecule has 0 aliphatic carbocycles. The van der Waals surface area contributed by atoms with Crippen LogP contribution < -0.4 is 10.1 Å². The summed E-state index contributed by atoms with van der Waals surface area (Å²) in [6.45, 7) is 0.137. The number of ether oxygens (including phenoxy) is 2. The van der Waals surface area contributed by atoms with E-state index in [0.717, 1.165) is 7.11 Å². The van der Waals surface area contributed by atoms with Crippen molar-refractivity contribution in [3.05, 3.63) is 28.8 Å². The number of esters is 1. The summed E-state index contributed by atoms with van der Waals surface area (Å²) in [4.78, 5) is 22.0. The molecule has 0 spiro atoms. The fourth-order valence-corrected chi connectivity index (χ4v) is 1.42. The lowest BCUT2D eigenvalue weighted by Gasteiger charge is -2.09. The number of hydrogen-bond donors (Lipinski definition) is 1. The second-order valence-electron chi connectivity index (χ2n) is 3.13. The zero-order valence-corrected chi connectivity index (χ0v) is 10.2. The highest BCUT2D eigenvalue weighted by Crippen LogP contribution is 2.22. The van der Waals surface area contributed by atoms with E-state index in [4.69, 9.17) is 16.3 Å². The van der Waals surface area contributed by atoms with Crippen LogP contribution in [0.1, 0.15) is 5.56 Å². The van der Waals surface area contributed by atoms with Crippen molar-refractivity contribution in [1.29, 1.82) is 0 Å². The quantitative estimate of drug-likeness (QED) is 0.651. The number of amides is 1. The fraction of sp³-hybridized carbons (Fsp3) is 0.273. The van der Waals surface area contributed by atoms with Gasteiger partial charge in [0.1, 0.15) is 5.75 Å². The predicted molar refractivity (Wildman–Crippen MR) is 61.9 cm³/mol. The average Bonchev–Trinajstić information content (AvgIpc) is 2.35. The molecular weight excluding hydrogens is 246 g/mol. The molecule has 0 atom stereocenters. The van der Waals surface area contributed by atoms with Gasteiger partial charge in [-0.2, -0.15) is 0 Å². The number of methoxy groups -OCH3 is 2. The van der Waals surface area contributed by atoms with Gasteiger partial charge in [0.25, 0.3) is 0 Å². The second-order valence-corrected chi connectivity index (χ2v) is 3.57. The van der Waals surface area contributed by atoms with Crippen LogP contribution in [0.2, 0.25) is 5.02 Å². The van der Waals surface area contributed by atoms with Crippen molar-refractivity contribution in [1.82, 2.24) is 5.32 Å². The lowest BCUT2D eigenvalue weighted by molar-refractivity contribution is -0.152. The van der Waals surface area contributed by atoms with Gasteiger partial charge in [-0.3, -0.25) is 4.79 Å². The highest BCUT2D eigenvalue weighted by molar-refractivity contribution is 6.32. The molecule has 6 heteroatoms. The number of rotatable bonds is 3. The van der Waals surface area contributed by atoms with Gasteiger partial charge in [-0.05, 0) is 18.2 Å². The monoisotopic (exact) mass is 257 g/mol. The van der Waals surface area contributed by atoms with Gasteiger partial charge in [0.2, 0.25) is 0 Å². The minimum atomic E-state index is -0.939. The van der Waals surface area contributed by atoms with Gasteiger partial charge in [0.15, 0.2) is 0 Å². The molecule has 0 unspecified atom stereocenters. The summed E-state index contributed by atoms with van der Waals surface area (Å²) in [6, 6.07) is 5.01. The van der Waals surface area contributed by atoms with Crippen molar-refractivity contribution in [2.45, 2.75) is 6.54 Å². The van der Waals surface area contributed by atoms with Gasteiger partial charge in [-0.1, -0.05) is 11.6 Å². The van der Waals surface area contributed by atoms with Crippen LogP contribution in [0, 0.1) is 0 Å². The molecule has 0 bridgehead atoms. The Kier molecular flexibility index (Phi) is 4.78. The Hall–Kier alpha value is -1.75. The summed E-state index contributed by atoms with van der Waals surface area (Å²) in [7, 11) is 2.65. The van der Waals surface area contributed by atoms with Crippen LogP contribution in [0.4, 0.5) is 0 Å². The van der Waals surface area contributed by atoms with Crippen molar-refractivity contribution in [2.24, 2.45) is 0 Å². The third kappa shape index (κ3) is 3.64. The highest BCUT2D eigenvalue weighted by atomic mass is 35.5. The van der Waals surface area contributed by atoms with Crippen LogP contribution in [0.3, 0.4) is 0 Å². The fourth-order valence-electron chi connectivity index (χ4n) is 1.23. The summed E-state index contributed by atoms with van der Waals surface area (Å²) in [6.07, 6.45) is 0. The molecule has 92 valence electrons. The van der Waals surface area contributed by atoms with Crippen molar-refractivity contribution in [2.75, 3.05) is 14.2 Å². The molecule has 1 aromatic rings. The van der Waals surface area contributed by atoms with E-state index in [1.165, 1.54) is 7.11 Å². The van der Waals surface area contributed by atoms with E-state index in [1.54, 1.807) is 18.2 Å². The minimum Gasteiger partial charge on any atom is -0.496 e. The van der Waals surface area contributed by atoms with Gasteiger partial charge < -0.3 is 14.8 Å². The van der Waals surface area contributed by atoms with Gasteiger partial charge in [-0.25, -0.2) is 4.79 Å². The first-order valence-electron chi connectivity index (χ1n) is 4.77. The Balaban J connectivity index is 2.71. The lowest BCUT2D eigenvalue weighted by Crippen LogP contribution is -2.31. The number of halogens is 1. The second kappa shape index (κ2) is 6.10. The Morgan fingerprint density at radius 1 is 1.35 bits per heavy atom. The van der Waals surface area contributed by atoms with Gasteiger partial charge in [0.05, 0.1) is 14.2 Å². The molecule has 1 amide bonds. The van der Waals surface area contributed by atoms with E-state index in [9.17, 15) is 9.59 Å². The van der Waals surface area contributed by atoms with Crippen LogP contribution in [-0.4, -0.2) is 26.1 Å². The summed E-state index contributed by atoms with van der Waals surface area (Å²) in [5.74, 6) is -1.17. The van der Waals surface area contributed by atoms with E-state index in [0.29, 0.717) is 16.3 Å². The molecule has 1 N–H and O–H groups in total. The van der Waals surface area contributed by atoms with Crippen LogP contribution >= 0.6 is 11.6 Å². The summed E-state index contributed by atoms with van der Waals surface area (Å²) >= 11 is 5.82. The van der Waals surface area contributed by atoms with Gasteiger partial charge in [-0.15, -0.1) is 0 Å². The molecule has 1 rings (SSSR count). The number of hydrogen-bond acceptors (Lipinski definition) is 4. The van der Waals surface area contributed by atoms with Crippen LogP contribution in [0.5, 0.6) is 5.75 Å². The molecule has 0 heterocycles. The molecule has 0 aliphatic rings. The van der Waals surface area contributed by atoms with Gasteiger partial charge >= 0.3 is 11.9 Å². The zero-order chi connectivity index (χ0) is 12.8. The Bertz CT molecular complexity index is 433. The van der Waals surface area contributed by atoms with E-state index >= 15 is 0 Å². The van der Waals surface area contributed by atoms with Crippen LogP contribution in [0.15, 0.2) is 18.2 Å². The number of nitrogens with one attached hydrogen (secondary N) is 1. The van der Waals surface area contributed by atoms with Crippen molar-refractivity contribution >= 4 is 23.5 Å². The predicted octanol–water partition coefficient (Wildman–Crippen LogP) is 1.14. The zero-order valence-electron chi connectivity index (χ0n) is 9.45.